The van der Waals surface area contributed by atoms with Gasteiger partial charge in [-0.3, -0.25) is 0 Å². The van der Waals surface area contributed by atoms with Gasteiger partial charge in [-0.15, -0.1) is 0 Å². The number of benzene rings is 1. The minimum absolute atomic E-state index is 0.0483. The van der Waals surface area contributed by atoms with E-state index in [1.807, 2.05) is 38.1 Å². The second-order valence-corrected chi connectivity index (χ2v) is 6.86. The first kappa shape index (κ1) is 16.9. The molecule has 0 heterocycles. The molecule has 1 rings (SSSR count). The highest BCUT2D eigenvalue weighted by Gasteiger charge is 2.19. The third kappa shape index (κ3) is 6.36. The van der Waals surface area contributed by atoms with Crippen LogP contribution < -0.4 is 9.88 Å². The predicted octanol–water partition coefficient (Wildman–Crippen LogP) is 1.77. The minimum Gasteiger partial charge on any atom is -0.497 e. The standard InChI is InChI=1S/C14H23NO4S/c1-11(2)13(10-20(15,16)17)9-19-8-12-4-6-14(18-3)7-5-12/h4-7,11,13H,8-10H2,1-3H3,(H2,15,16,17). The Morgan fingerprint density at radius 1 is 1.20 bits per heavy atom. The number of hydrogen-bond acceptors (Lipinski definition) is 4. The van der Waals surface area contributed by atoms with Gasteiger partial charge in [0.2, 0.25) is 10.0 Å². The molecule has 114 valence electrons. The molecule has 20 heavy (non-hydrogen) atoms. The van der Waals surface area contributed by atoms with E-state index < -0.39 is 10.0 Å². The van der Waals surface area contributed by atoms with Crippen molar-refractivity contribution in [2.75, 3.05) is 19.5 Å². The maximum Gasteiger partial charge on any atom is 0.209 e. The lowest BCUT2D eigenvalue weighted by Gasteiger charge is -2.19. The number of methoxy groups -OCH3 is 1. The molecule has 1 unspecified atom stereocenters. The van der Waals surface area contributed by atoms with Gasteiger partial charge in [0, 0.05) is 0 Å². The fraction of sp³-hybridized carbons (Fsp3) is 0.571. The number of hydrogen-bond donors (Lipinski definition) is 1. The van der Waals surface area contributed by atoms with Gasteiger partial charge >= 0.3 is 0 Å². The molecule has 0 aliphatic rings. The van der Waals surface area contributed by atoms with E-state index in [-0.39, 0.29) is 17.6 Å². The van der Waals surface area contributed by atoms with Gasteiger partial charge in [-0.05, 0) is 29.5 Å². The fourth-order valence-electron chi connectivity index (χ4n) is 1.78. The third-order valence-corrected chi connectivity index (χ3v) is 4.04. The summed E-state index contributed by atoms with van der Waals surface area (Å²) in [5, 5.41) is 5.09. The number of sulfonamides is 1. The van der Waals surface area contributed by atoms with Crippen LogP contribution >= 0.6 is 0 Å². The molecule has 0 saturated heterocycles. The largest absolute Gasteiger partial charge is 0.497 e. The SMILES string of the molecule is COc1ccc(COCC(CS(N)(=O)=O)C(C)C)cc1. The van der Waals surface area contributed by atoms with Crippen LogP contribution in [0.4, 0.5) is 0 Å². The van der Waals surface area contributed by atoms with E-state index in [9.17, 15) is 8.42 Å². The van der Waals surface area contributed by atoms with Crippen molar-refractivity contribution in [2.45, 2.75) is 20.5 Å². The predicted molar refractivity (Wildman–Crippen MR) is 79.0 cm³/mol. The second-order valence-electron chi connectivity index (χ2n) is 5.20. The lowest BCUT2D eigenvalue weighted by atomic mass is 9.99. The molecule has 0 fully saturated rings. The normalized spacial score (nSPS) is 13.4. The monoisotopic (exact) mass is 301 g/mol. The van der Waals surface area contributed by atoms with Gasteiger partial charge in [-0.2, -0.15) is 0 Å². The van der Waals surface area contributed by atoms with Crippen molar-refractivity contribution in [3.05, 3.63) is 29.8 Å². The zero-order valence-electron chi connectivity index (χ0n) is 12.2. The van der Waals surface area contributed by atoms with Crippen LogP contribution in [0.1, 0.15) is 19.4 Å². The summed E-state index contributed by atoms with van der Waals surface area (Å²) in [4.78, 5) is 0. The van der Waals surface area contributed by atoms with Gasteiger partial charge in [-0.1, -0.05) is 26.0 Å². The second kappa shape index (κ2) is 7.61. The van der Waals surface area contributed by atoms with Crippen LogP contribution in [0.2, 0.25) is 0 Å². The molecule has 5 nitrogen and oxygen atoms in total. The van der Waals surface area contributed by atoms with Crippen LogP contribution in [-0.2, 0) is 21.4 Å². The van der Waals surface area contributed by atoms with Crippen LogP contribution in [0.5, 0.6) is 5.75 Å². The van der Waals surface area contributed by atoms with Gasteiger partial charge in [0.05, 0.1) is 26.1 Å². The van der Waals surface area contributed by atoms with Crippen molar-refractivity contribution in [3.8, 4) is 5.75 Å². The van der Waals surface area contributed by atoms with Crippen molar-refractivity contribution in [2.24, 2.45) is 17.0 Å². The topological polar surface area (TPSA) is 78.6 Å². The molecule has 0 aromatic heterocycles. The highest BCUT2D eigenvalue weighted by Crippen LogP contribution is 2.15. The Balaban J connectivity index is 2.47. The van der Waals surface area contributed by atoms with Crippen LogP contribution in [0, 0.1) is 11.8 Å². The van der Waals surface area contributed by atoms with Crippen LogP contribution in [0.25, 0.3) is 0 Å². The van der Waals surface area contributed by atoms with E-state index in [0.717, 1.165) is 11.3 Å². The van der Waals surface area contributed by atoms with E-state index >= 15 is 0 Å². The maximum absolute atomic E-state index is 11.2. The van der Waals surface area contributed by atoms with Gasteiger partial charge in [0.1, 0.15) is 5.75 Å². The molecule has 0 spiro atoms. The average molecular weight is 301 g/mol. The summed E-state index contributed by atoms with van der Waals surface area (Å²) < 4.78 is 33.0. The number of primary sulfonamides is 1. The molecule has 6 heteroatoms. The Labute approximate surface area is 121 Å². The molecule has 2 N–H and O–H groups in total. The molecular formula is C14H23NO4S. The smallest absolute Gasteiger partial charge is 0.209 e. The highest BCUT2D eigenvalue weighted by molar-refractivity contribution is 7.89. The summed E-state index contributed by atoms with van der Waals surface area (Å²) in [5.74, 6) is 0.850. The molecule has 0 bridgehead atoms. The van der Waals surface area contributed by atoms with Gasteiger partial charge in [0.25, 0.3) is 0 Å². The molecule has 1 aromatic rings. The average Bonchev–Trinajstić information content (AvgIpc) is 2.37. The number of nitrogens with two attached hydrogens (primary N) is 1. The molecule has 1 aromatic carbocycles. The highest BCUT2D eigenvalue weighted by atomic mass is 32.2. The molecule has 1 atom stereocenters. The molecule has 0 radical (unpaired) electrons. The first-order chi connectivity index (χ1) is 9.31. The Bertz CT molecular complexity index is 496. The van der Waals surface area contributed by atoms with Crippen LogP contribution in [0.3, 0.4) is 0 Å². The summed E-state index contributed by atoms with van der Waals surface area (Å²) in [6.07, 6.45) is 0. The Morgan fingerprint density at radius 3 is 2.25 bits per heavy atom. The van der Waals surface area contributed by atoms with E-state index in [0.29, 0.717) is 13.2 Å². The minimum atomic E-state index is -3.47. The summed E-state index contributed by atoms with van der Waals surface area (Å²) in [6.45, 7) is 4.75. The molecule has 0 aliphatic carbocycles. The van der Waals surface area contributed by atoms with Crippen LogP contribution in [0.15, 0.2) is 24.3 Å². The number of rotatable bonds is 8. The molecular weight excluding hydrogens is 278 g/mol. The number of ether oxygens (including phenoxy) is 2. The zero-order valence-corrected chi connectivity index (χ0v) is 13.0. The summed E-state index contributed by atoms with van der Waals surface area (Å²) >= 11 is 0. The van der Waals surface area contributed by atoms with Crippen molar-refractivity contribution in [1.82, 2.24) is 0 Å². The summed E-state index contributed by atoms with van der Waals surface area (Å²) in [5.41, 5.74) is 1.02. The van der Waals surface area contributed by atoms with Crippen molar-refractivity contribution >= 4 is 10.0 Å². The van der Waals surface area contributed by atoms with Crippen molar-refractivity contribution in [3.63, 3.8) is 0 Å². The molecule has 0 saturated carbocycles. The third-order valence-electron chi connectivity index (χ3n) is 3.15. The summed E-state index contributed by atoms with van der Waals surface area (Å²) in [7, 11) is -1.85. The van der Waals surface area contributed by atoms with E-state index in [2.05, 4.69) is 0 Å². The zero-order chi connectivity index (χ0) is 15.2. The first-order valence-corrected chi connectivity index (χ1v) is 8.24. The quantitative estimate of drug-likeness (QED) is 0.793. The van der Waals surface area contributed by atoms with Crippen LogP contribution in [-0.4, -0.2) is 27.9 Å². The lowest BCUT2D eigenvalue weighted by Crippen LogP contribution is -2.29. The van der Waals surface area contributed by atoms with Gasteiger partial charge in [0.15, 0.2) is 0 Å². The van der Waals surface area contributed by atoms with Crippen molar-refractivity contribution < 1.29 is 17.9 Å². The maximum atomic E-state index is 11.2. The van der Waals surface area contributed by atoms with E-state index in [1.165, 1.54) is 0 Å². The van der Waals surface area contributed by atoms with E-state index in [4.69, 9.17) is 14.6 Å². The Kier molecular flexibility index (Phi) is 6.45. The van der Waals surface area contributed by atoms with Crippen molar-refractivity contribution in [1.29, 1.82) is 0 Å². The van der Waals surface area contributed by atoms with Gasteiger partial charge in [-0.25, -0.2) is 13.6 Å². The summed E-state index contributed by atoms with van der Waals surface area (Å²) in [6, 6.07) is 7.57. The van der Waals surface area contributed by atoms with E-state index in [1.54, 1.807) is 7.11 Å². The molecule has 0 amide bonds. The Morgan fingerprint density at radius 2 is 1.80 bits per heavy atom. The Hall–Kier alpha value is -1.11. The molecule has 0 aliphatic heterocycles. The lowest BCUT2D eigenvalue weighted by molar-refractivity contribution is 0.0790. The first-order valence-electron chi connectivity index (χ1n) is 6.53. The van der Waals surface area contributed by atoms with Gasteiger partial charge < -0.3 is 9.47 Å². The fourth-order valence-corrected chi connectivity index (χ4v) is 2.86.